The van der Waals surface area contributed by atoms with Crippen LogP contribution in [0.1, 0.15) is 0 Å². The van der Waals surface area contributed by atoms with Gasteiger partial charge in [-0.15, -0.1) is 0 Å². The van der Waals surface area contributed by atoms with Gasteiger partial charge in [0.1, 0.15) is 22.3 Å². The van der Waals surface area contributed by atoms with Crippen molar-refractivity contribution < 1.29 is 8.83 Å². The summed E-state index contributed by atoms with van der Waals surface area (Å²) in [6.45, 7) is 0. The fourth-order valence-corrected chi connectivity index (χ4v) is 8.77. The van der Waals surface area contributed by atoms with Crippen molar-refractivity contribution in [2.75, 3.05) is 0 Å². The fraction of sp³-hybridized carbons (Fsp3) is 0. The molecule has 60 heavy (non-hydrogen) atoms. The predicted molar refractivity (Wildman–Crippen MR) is 245 cm³/mol. The monoisotopic (exact) mass is 767 g/mol. The van der Waals surface area contributed by atoms with Crippen molar-refractivity contribution in [1.29, 1.82) is 0 Å². The van der Waals surface area contributed by atoms with Gasteiger partial charge in [-0.1, -0.05) is 164 Å². The molecule has 12 rings (SSSR count). The van der Waals surface area contributed by atoms with E-state index in [0.717, 1.165) is 105 Å². The Morgan fingerprint density at radius 2 is 0.717 bits per heavy atom. The van der Waals surface area contributed by atoms with Crippen molar-refractivity contribution in [3.8, 4) is 67.5 Å². The number of aromatic nitrogens is 3. The lowest BCUT2D eigenvalue weighted by molar-refractivity contribution is 0.669. The first kappa shape index (κ1) is 33.9. The van der Waals surface area contributed by atoms with Crippen LogP contribution in [0.5, 0.6) is 0 Å². The highest BCUT2D eigenvalue weighted by Crippen LogP contribution is 2.45. The Labute approximate surface area is 344 Å². The average molecular weight is 768 g/mol. The van der Waals surface area contributed by atoms with E-state index in [9.17, 15) is 0 Å². The van der Waals surface area contributed by atoms with Crippen molar-refractivity contribution >= 4 is 54.6 Å². The zero-order valence-electron chi connectivity index (χ0n) is 32.2. The van der Waals surface area contributed by atoms with E-state index in [-0.39, 0.29) is 0 Å². The predicted octanol–water partition coefficient (Wildman–Crippen LogP) is 14.8. The van der Waals surface area contributed by atoms with Gasteiger partial charge in [-0.05, 0) is 80.6 Å². The quantitative estimate of drug-likeness (QED) is 0.169. The lowest BCUT2D eigenvalue weighted by Gasteiger charge is -2.18. The van der Waals surface area contributed by atoms with Crippen molar-refractivity contribution in [2.24, 2.45) is 0 Å². The van der Waals surface area contributed by atoms with E-state index >= 15 is 0 Å². The number of hydrogen-bond donors (Lipinski definition) is 0. The number of nitrogens with zero attached hydrogens (tertiary/aromatic N) is 3. The average Bonchev–Trinajstić information content (AvgIpc) is 3.90. The largest absolute Gasteiger partial charge is 0.455 e. The third-order valence-corrected chi connectivity index (χ3v) is 11.6. The van der Waals surface area contributed by atoms with E-state index < -0.39 is 0 Å². The number of fused-ring (bicyclic) bond motifs is 7. The molecule has 0 aliphatic carbocycles. The van der Waals surface area contributed by atoms with Crippen LogP contribution in [-0.4, -0.2) is 15.0 Å². The van der Waals surface area contributed by atoms with E-state index in [1.807, 2.05) is 60.7 Å². The van der Waals surface area contributed by atoms with Gasteiger partial charge >= 0.3 is 0 Å². The minimum Gasteiger partial charge on any atom is -0.455 e. The smallest absolute Gasteiger partial charge is 0.167 e. The van der Waals surface area contributed by atoms with Crippen LogP contribution in [0.4, 0.5) is 0 Å². The van der Waals surface area contributed by atoms with Crippen LogP contribution in [0.2, 0.25) is 0 Å². The fourth-order valence-electron chi connectivity index (χ4n) is 8.77. The number of benzene rings is 9. The Bertz CT molecular complexity index is 3470. The zero-order valence-corrected chi connectivity index (χ0v) is 32.2. The van der Waals surface area contributed by atoms with Gasteiger partial charge in [0.15, 0.2) is 17.5 Å². The molecule has 0 amide bonds. The van der Waals surface area contributed by atoms with Crippen LogP contribution in [0.15, 0.2) is 209 Å². The van der Waals surface area contributed by atoms with Gasteiger partial charge in [0.2, 0.25) is 0 Å². The molecule has 0 unspecified atom stereocenters. The lowest BCUT2D eigenvalue weighted by Crippen LogP contribution is -2.02. The molecule has 0 radical (unpaired) electrons. The van der Waals surface area contributed by atoms with Crippen LogP contribution >= 0.6 is 0 Å². The third kappa shape index (κ3) is 5.52. The molecular weight excluding hydrogens is 735 g/mol. The second kappa shape index (κ2) is 13.8. The number of rotatable bonds is 6. The van der Waals surface area contributed by atoms with E-state index in [4.69, 9.17) is 23.8 Å². The van der Waals surface area contributed by atoms with Gasteiger partial charge in [0.25, 0.3) is 0 Å². The van der Waals surface area contributed by atoms with Crippen molar-refractivity contribution in [3.05, 3.63) is 200 Å². The van der Waals surface area contributed by atoms with Gasteiger partial charge in [-0.25, -0.2) is 15.0 Å². The normalized spacial score (nSPS) is 11.7. The maximum atomic E-state index is 6.60. The summed E-state index contributed by atoms with van der Waals surface area (Å²) in [5, 5.41) is 6.22. The van der Waals surface area contributed by atoms with Crippen LogP contribution in [0.3, 0.4) is 0 Å². The Morgan fingerprint density at radius 3 is 1.33 bits per heavy atom. The molecule has 5 nitrogen and oxygen atoms in total. The molecule has 0 aliphatic rings. The Morgan fingerprint density at radius 1 is 0.267 bits per heavy atom. The minimum atomic E-state index is 0.507. The van der Waals surface area contributed by atoms with E-state index in [1.54, 1.807) is 0 Å². The number of hydrogen-bond acceptors (Lipinski definition) is 5. The maximum absolute atomic E-state index is 6.60. The highest BCUT2D eigenvalue weighted by atomic mass is 16.3. The molecule has 0 saturated heterocycles. The number of para-hydroxylation sites is 4. The second-order valence-electron chi connectivity index (χ2n) is 15.1. The van der Waals surface area contributed by atoms with E-state index in [0.29, 0.717) is 17.5 Å². The van der Waals surface area contributed by atoms with Gasteiger partial charge in [0, 0.05) is 27.1 Å². The SMILES string of the molecule is c1ccc(-c2cccc(-c3cc(-c4ccccc4)c4ccccc4c3-c3nc(-c4cccc5c4oc4ccccc45)nc(-c4cccc5c4oc4ccccc45)n3)c2)cc1. The lowest BCUT2D eigenvalue weighted by atomic mass is 9.87. The van der Waals surface area contributed by atoms with Crippen LogP contribution < -0.4 is 0 Å². The van der Waals surface area contributed by atoms with Crippen molar-refractivity contribution in [3.63, 3.8) is 0 Å². The standard InChI is InChI=1S/C55H33N3O2/c1-3-16-34(17-4-1)36-20-13-21-37(32-36)47-33-46(35-18-5-2-6-19-35)38-22-7-8-25-41(38)50(47)55-57-53(44-28-14-26-42-39-23-9-11-30-48(39)59-51(42)44)56-54(58-55)45-29-15-27-43-40-24-10-12-31-49(40)60-52(43)45/h1-33H. The number of furan rings is 2. The summed E-state index contributed by atoms with van der Waals surface area (Å²) in [5.74, 6) is 1.56. The summed E-state index contributed by atoms with van der Waals surface area (Å²) in [5.41, 5.74) is 12.1. The zero-order chi connectivity index (χ0) is 39.6. The molecule has 0 bridgehead atoms. The van der Waals surface area contributed by atoms with Crippen LogP contribution in [0, 0.1) is 0 Å². The topological polar surface area (TPSA) is 65.0 Å². The van der Waals surface area contributed by atoms with E-state index in [2.05, 4.69) is 140 Å². The summed E-state index contributed by atoms with van der Waals surface area (Å²) in [4.78, 5) is 16.2. The summed E-state index contributed by atoms with van der Waals surface area (Å²) < 4.78 is 13.2. The summed E-state index contributed by atoms with van der Waals surface area (Å²) in [6, 6.07) is 69.3. The molecular formula is C55H33N3O2. The van der Waals surface area contributed by atoms with Gasteiger partial charge in [0.05, 0.1) is 11.1 Å². The molecule has 0 fully saturated rings. The highest BCUT2D eigenvalue weighted by molar-refractivity contribution is 6.12. The maximum Gasteiger partial charge on any atom is 0.167 e. The molecule has 3 heterocycles. The molecule has 9 aromatic carbocycles. The van der Waals surface area contributed by atoms with Gasteiger partial charge in [-0.2, -0.15) is 0 Å². The highest BCUT2D eigenvalue weighted by Gasteiger charge is 2.24. The first-order valence-electron chi connectivity index (χ1n) is 20.1. The third-order valence-electron chi connectivity index (χ3n) is 11.6. The Balaban J connectivity index is 1.19. The molecule has 0 atom stereocenters. The van der Waals surface area contributed by atoms with Crippen molar-refractivity contribution in [1.82, 2.24) is 15.0 Å². The Hall–Kier alpha value is -8.15. The Kier molecular flexibility index (Phi) is 7.78. The van der Waals surface area contributed by atoms with Crippen LogP contribution in [-0.2, 0) is 0 Å². The molecule has 3 aromatic heterocycles. The van der Waals surface area contributed by atoms with E-state index in [1.165, 1.54) is 0 Å². The van der Waals surface area contributed by atoms with Crippen molar-refractivity contribution in [2.45, 2.75) is 0 Å². The molecule has 0 saturated carbocycles. The molecule has 280 valence electrons. The summed E-state index contributed by atoms with van der Waals surface area (Å²) >= 11 is 0. The van der Waals surface area contributed by atoms with Gasteiger partial charge < -0.3 is 8.83 Å². The molecule has 12 aromatic rings. The minimum absolute atomic E-state index is 0.507. The summed E-state index contributed by atoms with van der Waals surface area (Å²) in [7, 11) is 0. The molecule has 0 aliphatic heterocycles. The summed E-state index contributed by atoms with van der Waals surface area (Å²) in [6.07, 6.45) is 0. The first-order chi connectivity index (χ1) is 29.7. The molecule has 0 N–H and O–H groups in total. The molecule has 0 spiro atoms. The van der Waals surface area contributed by atoms with Gasteiger partial charge in [-0.3, -0.25) is 0 Å². The first-order valence-corrected chi connectivity index (χ1v) is 20.1. The second-order valence-corrected chi connectivity index (χ2v) is 15.1. The van der Waals surface area contributed by atoms with Crippen LogP contribution in [0.25, 0.3) is 122 Å². The molecule has 5 heteroatoms.